The molecular weight excluding hydrogens is 444 g/mol. The van der Waals surface area contributed by atoms with Crippen LogP contribution in [0.2, 0.25) is 0 Å². The molecule has 1 amide bonds. The van der Waals surface area contributed by atoms with Gasteiger partial charge < -0.3 is 19.2 Å². The molecule has 0 aliphatic carbocycles. The van der Waals surface area contributed by atoms with Gasteiger partial charge in [0.15, 0.2) is 6.04 Å². The van der Waals surface area contributed by atoms with Gasteiger partial charge in [-0.15, -0.1) is 0 Å². The molecule has 0 fully saturated rings. The lowest BCUT2D eigenvalue weighted by atomic mass is 9.92. The standard InChI is InChI=1S/C28H34N2O5/c1-5-7-9-11-25(31)30-16-14-21-12-13-22(18-23(21)26(30)28(32)33)34-17-15-24-20(4)35-27(29-24)19(3)10-8-6-2/h5,7,9-13,18,26H,6,8,14-17H2,1-4H3,(H,32,33)/b7-5+,11-9+,19-10+. The molecule has 35 heavy (non-hydrogen) atoms. The molecule has 3 rings (SSSR count). The molecule has 1 N–H and O–H groups in total. The first-order valence-corrected chi connectivity index (χ1v) is 12.1. The van der Waals surface area contributed by atoms with Gasteiger partial charge in [0, 0.05) is 24.6 Å². The summed E-state index contributed by atoms with van der Waals surface area (Å²) in [5.41, 5.74) is 3.37. The average Bonchev–Trinajstić information content (AvgIpc) is 3.22. The Bertz CT molecular complexity index is 1140. The van der Waals surface area contributed by atoms with Gasteiger partial charge in [0.2, 0.25) is 11.8 Å². The molecule has 1 unspecified atom stereocenters. The third-order valence-electron chi connectivity index (χ3n) is 5.98. The van der Waals surface area contributed by atoms with E-state index >= 15 is 0 Å². The van der Waals surface area contributed by atoms with E-state index in [9.17, 15) is 14.7 Å². The first-order valence-electron chi connectivity index (χ1n) is 12.1. The van der Waals surface area contributed by atoms with Crippen molar-refractivity contribution in [3.8, 4) is 5.75 Å². The number of carbonyl (C=O) groups excluding carboxylic acids is 1. The summed E-state index contributed by atoms with van der Waals surface area (Å²) >= 11 is 0. The minimum atomic E-state index is -1.06. The van der Waals surface area contributed by atoms with Gasteiger partial charge in [0.05, 0.1) is 12.3 Å². The number of carboxylic acids is 1. The number of allylic oxidation sites excluding steroid dienone is 5. The highest BCUT2D eigenvalue weighted by atomic mass is 16.5. The minimum absolute atomic E-state index is 0.326. The molecule has 1 aliphatic heterocycles. The smallest absolute Gasteiger partial charge is 0.331 e. The molecule has 1 aliphatic rings. The average molecular weight is 479 g/mol. The lowest BCUT2D eigenvalue weighted by Gasteiger charge is -2.34. The van der Waals surface area contributed by atoms with Crippen molar-refractivity contribution in [1.82, 2.24) is 9.88 Å². The number of amides is 1. The Morgan fingerprint density at radius 2 is 2.11 bits per heavy atom. The Kier molecular flexibility index (Phi) is 9.06. The zero-order valence-electron chi connectivity index (χ0n) is 20.9. The molecule has 2 aromatic rings. The second-order valence-corrected chi connectivity index (χ2v) is 8.56. The number of ether oxygens (including phenoxy) is 1. The van der Waals surface area contributed by atoms with E-state index in [1.165, 1.54) is 11.0 Å². The van der Waals surface area contributed by atoms with Gasteiger partial charge in [-0.25, -0.2) is 9.78 Å². The zero-order valence-corrected chi connectivity index (χ0v) is 20.9. The predicted molar refractivity (Wildman–Crippen MR) is 135 cm³/mol. The van der Waals surface area contributed by atoms with Gasteiger partial charge in [-0.3, -0.25) is 4.79 Å². The second kappa shape index (κ2) is 12.2. The number of oxazole rings is 1. The number of fused-ring (bicyclic) bond motifs is 1. The number of aromatic nitrogens is 1. The van der Waals surface area contributed by atoms with Gasteiger partial charge in [-0.1, -0.05) is 43.7 Å². The van der Waals surface area contributed by atoms with E-state index in [1.54, 1.807) is 24.3 Å². The van der Waals surface area contributed by atoms with Crippen LogP contribution in [-0.2, 0) is 22.4 Å². The fourth-order valence-corrected chi connectivity index (χ4v) is 4.07. The zero-order chi connectivity index (χ0) is 25.4. The van der Waals surface area contributed by atoms with Gasteiger partial charge in [-0.2, -0.15) is 0 Å². The number of unbranched alkanes of at least 4 members (excludes halogenated alkanes) is 1. The quantitative estimate of drug-likeness (QED) is 0.361. The lowest BCUT2D eigenvalue weighted by Crippen LogP contribution is -2.42. The Balaban J connectivity index is 1.71. The van der Waals surface area contributed by atoms with Crippen LogP contribution in [0.3, 0.4) is 0 Å². The first kappa shape index (κ1) is 26.0. The summed E-state index contributed by atoms with van der Waals surface area (Å²) in [4.78, 5) is 30.8. The molecule has 7 heteroatoms. The summed E-state index contributed by atoms with van der Waals surface area (Å²) < 4.78 is 11.8. The molecule has 7 nitrogen and oxygen atoms in total. The Morgan fingerprint density at radius 1 is 1.31 bits per heavy atom. The summed E-state index contributed by atoms with van der Waals surface area (Å²) in [6.07, 6.45) is 11.9. The van der Waals surface area contributed by atoms with Crippen LogP contribution in [0, 0.1) is 6.92 Å². The van der Waals surface area contributed by atoms with Crippen LogP contribution in [0.5, 0.6) is 5.75 Å². The van der Waals surface area contributed by atoms with Crippen molar-refractivity contribution in [2.45, 2.75) is 59.4 Å². The molecular formula is C28H34N2O5. The first-order chi connectivity index (χ1) is 16.8. The minimum Gasteiger partial charge on any atom is -0.493 e. The van der Waals surface area contributed by atoms with Crippen LogP contribution in [0.15, 0.2) is 53.0 Å². The third kappa shape index (κ3) is 6.50. The van der Waals surface area contributed by atoms with Crippen molar-refractivity contribution in [2.24, 2.45) is 0 Å². The molecule has 0 saturated carbocycles. The lowest BCUT2D eigenvalue weighted by molar-refractivity contribution is -0.149. The van der Waals surface area contributed by atoms with Crippen molar-refractivity contribution < 1.29 is 23.8 Å². The highest BCUT2D eigenvalue weighted by Crippen LogP contribution is 2.33. The maximum Gasteiger partial charge on any atom is 0.331 e. The molecule has 2 heterocycles. The van der Waals surface area contributed by atoms with Crippen LogP contribution in [0.1, 0.15) is 68.1 Å². The molecule has 1 atom stereocenters. The number of rotatable bonds is 10. The molecule has 1 aromatic heterocycles. The monoisotopic (exact) mass is 478 g/mol. The van der Waals surface area contributed by atoms with E-state index in [4.69, 9.17) is 9.15 Å². The molecule has 0 saturated heterocycles. The van der Waals surface area contributed by atoms with Crippen LogP contribution in [-0.4, -0.2) is 40.0 Å². The van der Waals surface area contributed by atoms with Gasteiger partial charge >= 0.3 is 5.97 Å². The number of nitrogens with zero attached hydrogens (tertiary/aromatic N) is 2. The summed E-state index contributed by atoms with van der Waals surface area (Å²) in [5, 5.41) is 9.93. The molecule has 1 aromatic carbocycles. The van der Waals surface area contributed by atoms with Crippen molar-refractivity contribution >= 4 is 17.4 Å². The SMILES string of the molecule is C/C=C/C=C/C(=O)N1CCc2ccc(OCCc3nc(/C(C)=C/CCC)oc3C)cc2C1C(=O)O. The number of aliphatic carboxylic acids is 1. The largest absolute Gasteiger partial charge is 0.493 e. The second-order valence-electron chi connectivity index (χ2n) is 8.56. The van der Waals surface area contributed by atoms with E-state index < -0.39 is 12.0 Å². The number of carboxylic acid groups (broad SMARTS) is 1. The highest BCUT2D eigenvalue weighted by Gasteiger charge is 2.35. The number of aryl methyl sites for hydroxylation is 1. The Labute approximate surface area is 206 Å². The van der Waals surface area contributed by atoms with Gasteiger partial charge in [-0.05, 0) is 56.9 Å². The molecule has 186 valence electrons. The fraction of sp³-hybridized carbons (Fsp3) is 0.393. The van der Waals surface area contributed by atoms with Gasteiger partial charge in [0.25, 0.3) is 0 Å². The van der Waals surface area contributed by atoms with E-state index in [1.807, 2.05) is 32.9 Å². The van der Waals surface area contributed by atoms with Crippen molar-refractivity contribution in [3.63, 3.8) is 0 Å². The number of benzene rings is 1. The predicted octanol–water partition coefficient (Wildman–Crippen LogP) is 5.45. The van der Waals surface area contributed by atoms with Crippen molar-refractivity contribution in [1.29, 1.82) is 0 Å². The summed E-state index contributed by atoms with van der Waals surface area (Å²) in [6.45, 7) is 8.59. The molecule has 0 spiro atoms. The van der Waals surface area contributed by atoms with E-state index in [0.717, 1.165) is 35.4 Å². The number of hydrogen-bond donors (Lipinski definition) is 1. The summed E-state index contributed by atoms with van der Waals surface area (Å²) in [5.74, 6) is 0.581. The molecule has 0 radical (unpaired) electrons. The van der Waals surface area contributed by atoms with Crippen molar-refractivity contribution in [3.05, 3.63) is 77.1 Å². The van der Waals surface area contributed by atoms with E-state index in [2.05, 4.69) is 18.0 Å². The summed E-state index contributed by atoms with van der Waals surface area (Å²) in [6, 6.07) is 4.42. The van der Waals surface area contributed by atoms with E-state index in [0.29, 0.717) is 43.2 Å². The fourth-order valence-electron chi connectivity index (χ4n) is 4.07. The van der Waals surface area contributed by atoms with Crippen molar-refractivity contribution in [2.75, 3.05) is 13.2 Å². The van der Waals surface area contributed by atoms with E-state index in [-0.39, 0.29) is 5.91 Å². The highest BCUT2D eigenvalue weighted by molar-refractivity contribution is 5.92. The summed E-state index contributed by atoms with van der Waals surface area (Å²) in [7, 11) is 0. The Morgan fingerprint density at radius 3 is 2.83 bits per heavy atom. The molecule has 0 bridgehead atoms. The maximum atomic E-state index is 12.6. The van der Waals surface area contributed by atoms with Crippen LogP contribution >= 0.6 is 0 Å². The van der Waals surface area contributed by atoms with Crippen LogP contribution < -0.4 is 4.74 Å². The van der Waals surface area contributed by atoms with Gasteiger partial charge in [0.1, 0.15) is 11.5 Å². The van der Waals surface area contributed by atoms with Crippen LogP contribution in [0.4, 0.5) is 0 Å². The number of carbonyl (C=O) groups is 2. The maximum absolute atomic E-state index is 12.6. The topological polar surface area (TPSA) is 92.9 Å². The Hall–Kier alpha value is -3.61. The number of hydrogen-bond acceptors (Lipinski definition) is 5. The normalized spacial score (nSPS) is 16.2. The van der Waals surface area contributed by atoms with Crippen LogP contribution in [0.25, 0.3) is 5.57 Å². The third-order valence-corrected chi connectivity index (χ3v) is 5.98.